The molecule has 0 heterocycles. The van der Waals surface area contributed by atoms with Crippen LogP contribution in [-0.4, -0.2) is 13.2 Å². The lowest BCUT2D eigenvalue weighted by Crippen LogP contribution is -2.06. The SMILES string of the molecule is C#CCCc1ccc2ccccc2c1C#Cc1ccc(OC)cc1CO[C@@H](C)C#Cc1ccc(C)cc1. The molecule has 0 unspecified atom stereocenters. The number of rotatable bonds is 6. The molecule has 182 valence electrons. The van der Waals surface area contributed by atoms with Gasteiger partial charge in [-0.15, -0.1) is 12.3 Å². The average Bonchev–Trinajstić information content (AvgIpc) is 2.93. The average molecular weight is 483 g/mol. The molecular formula is C35H30O2. The Balaban J connectivity index is 1.61. The standard InChI is InChI=1S/C35H30O2/c1-5-6-9-30-18-19-31-10-7-8-11-34(31)35(30)23-21-29-20-22-33(36-4)24-32(29)25-37-27(3)14-17-28-15-12-26(2)13-16-28/h1,7-8,10-13,15-16,18-20,22,24,27H,6,9,25H2,2-4H3/t27-/m0/s1. The maximum absolute atomic E-state index is 6.09. The van der Waals surface area contributed by atoms with E-state index < -0.39 is 0 Å². The van der Waals surface area contributed by atoms with E-state index in [2.05, 4.69) is 72.9 Å². The first-order chi connectivity index (χ1) is 18.1. The van der Waals surface area contributed by atoms with Crippen LogP contribution >= 0.6 is 0 Å². The van der Waals surface area contributed by atoms with Gasteiger partial charge in [0.05, 0.1) is 13.7 Å². The number of ether oxygens (including phenoxy) is 2. The maximum Gasteiger partial charge on any atom is 0.119 e. The normalized spacial score (nSPS) is 11.0. The van der Waals surface area contributed by atoms with E-state index in [0.717, 1.165) is 50.8 Å². The van der Waals surface area contributed by atoms with E-state index in [0.29, 0.717) is 13.0 Å². The molecule has 0 fully saturated rings. The Morgan fingerprint density at radius 1 is 0.865 bits per heavy atom. The zero-order valence-corrected chi connectivity index (χ0v) is 21.6. The molecule has 0 aliphatic heterocycles. The zero-order valence-electron chi connectivity index (χ0n) is 21.6. The predicted molar refractivity (Wildman–Crippen MR) is 152 cm³/mol. The van der Waals surface area contributed by atoms with Crippen LogP contribution in [0.2, 0.25) is 0 Å². The Morgan fingerprint density at radius 2 is 1.68 bits per heavy atom. The number of hydrogen-bond donors (Lipinski definition) is 0. The van der Waals surface area contributed by atoms with Gasteiger partial charge in [0, 0.05) is 23.1 Å². The monoisotopic (exact) mass is 482 g/mol. The lowest BCUT2D eigenvalue weighted by Gasteiger charge is -2.11. The molecule has 4 aromatic rings. The summed E-state index contributed by atoms with van der Waals surface area (Å²) in [4.78, 5) is 0. The Kier molecular flexibility index (Phi) is 8.68. The van der Waals surface area contributed by atoms with Gasteiger partial charge < -0.3 is 9.47 Å². The number of fused-ring (bicyclic) bond motifs is 1. The maximum atomic E-state index is 6.09. The van der Waals surface area contributed by atoms with Crippen molar-refractivity contribution in [3.63, 3.8) is 0 Å². The minimum atomic E-state index is -0.234. The number of methoxy groups -OCH3 is 1. The highest BCUT2D eigenvalue weighted by molar-refractivity contribution is 5.89. The summed E-state index contributed by atoms with van der Waals surface area (Å²) in [7, 11) is 1.66. The molecule has 0 aliphatic rings. The Labute approximate surface area is 220 Å². The van der Waals surface area contributed by atoms with Gasteiger partial charge in [-0.3, -0.25) is 0 Å². The molecule has 0 saturated carbocycles. The van der Waals surface area contributed by atoms with E-state index in [1.807, 2.05) is 49.4 Å². The molecule has 4 aromatic carbocycles. The van der Waals surface area contributed by atoms with Gasteiger partial charge >= 0.3 is 0 Å². The van der Waals surface area contributed by atoms with Crippen LogP contribution in [0.1, 0.15) is 46.7 Å². The van der Waals surface area contributed by atoms with E-state index in [1.54, 1.807) is 7.11 Å². The number of hydrogen-bond acceptors (Lipinski definition) is 2. The molecule has 0 aliphatic carbocycles. The summed E-state index contributed by atoms with van der Waals surface area (Å²) in [6.07, 6.45) is 6.78. The van der Waals surface area contributed by atoms with E-state index in [9.17, 15) is 0 Å². The molecule has 0 spiro atoms. The van der Waals surface area contributed by atoms with Gasteiger partial charge in [0.2, 0.25) is 0 Å². The molecule has 2 nitrogen and oxygen atoms in total. The van der Waals surface area contributed by atoms with Crippen molar-refractivity contribution in [3.05, 3.63) is 112 Å². The van der Waals surface area contributed by atoms with Gasteiger partial charge in [-0.2, -0.15) is 0 Å². The van der Waals surface area contributed by atoms with Crippen LogP contribution < -0.4 is 4.74 Å². The van der Waals surface area contributed by atoms with Crippen LogP contribution in [0.4, 0.5) is 0 Å². The summed E-state index contributed by atoms with van der Waals surface area (Å²) in [6, 6.07) is 26.6. The van der Waals surface area contributed by atoms with Crippen LogP contribution in [0.25, 0.3) is 10.8 Å². The van der Waals surface area contributed by atoms with Gasteiger partial charge in [-0.25, -0.2) is 0 Å². The van der Waals surface area contributed by atoms with Gasteiger partial charge in [-0.05, 0) is 72.5 Å². The molecule has 1 atom stereocenters. The number of benzene rings is 4. The second-order valence-electron chi connectivity index (χ2n) is 8.89. The van der Waals surface area contributed by atoms with Crippen LogP contribution in [0.3, 0.4) is 0 Å². The van der Waals surface area contributed by atoms with Crippen molar-refractivity contribution < 1.29 is 9.47 Å². The van der Waals surface area contributed by atoms with E-state index in [1.165, 1.54) is 5.56 Å². The summed E-state index contributed by atoms with van der Waals surface area (Å²) in [5.74, 6) is 16.7. The zero-order chi connectivity index (χ0) is 26.0. The van der Waals surface area contributed by atoms with Crippen molar-refractivity contribution in [2.75, 3.05) is 7.11 Å². The minimum Gasteiger partial charge on any atom is -0.497 e. The Morgan fingerprint density at radius 3 is 2.46 bits per heavy atom. The quantitative estimate of drug-likeness (QED) is 0.273. The first-order valence-electron chi connectivity index (χ1n) is 12.4. The summed E-state index contributed by atoms with van der Waals surface area (Å²) < 4.78 is 11.6. The van der Waals surface area contributed by atoms with Crippen molar-refractivity contribution in [2.45, 2.75) is 39.4 Å². The van der Waals surface area contributed by atoms with Crippen molar-refractivity contribution in [1.82, 2.24) is 0 Å². The molecule has 0 aromatic heterocycles. The first-order valence-corrected chi connectivity index (χ1v) is 12.4. The third-order valence-electron chi connectivity index (χ3n) is 6.15. The van der Waals surface area contributed by atoms with Crippen LogP contribution in [0.5, 0.6) is 5.75 Å². The molecular weight excluding hydrogens is 452 g/mol. The summed E-state index contributed by atoms with van der Waals surface area (Å²) in [5, 5.41) is 2.30. The molecule has 0 bridgehead atoms. The highest BCUT2D eigenvalue weighted by atomic mass is 16.5. The van der Waals surface area contributed by atoms with Gasteiger partial charge in [0.1, 0.15) is 11.9 Å². The molecule has 0 amide bonds. The van der Waals surface area contributed by atoms with Gasteiger partial charge in [0.25, 0.3) is 0 Å². The molecule has 0 saturated heterocycles. The number of aryl methyl sites for hydroxylation is 2. The first kappa shape index (κ1) is 25.7. The molecule has 37 heavy (non-hydrogen) atoms. The van der Waals surface area contributed by atoms with Crippen molar-refractivity contribution in [2.24, 2.45) is 0 Å². The topological polar surface area (TPSA) is 18.5 Å². The fraction of sp³-hybridized carbons (Fsp3) is 0.200. The second kappa shape index (κ2) is 12.5. The Hall–Kier alpha value is -4.42. The largest absolute Gasteiger partial charge is 0.497 e. The lowest BCUT2D eigenvalue weighted by atomic mass is 9.96. The summed E-state index contributed by atoms with van der Waals surface area (Å²) in [5.41, 5.74) is 6.23. The van der Waals surface area contributed by atoms with Crippen LogP contribution in [-0.2, 0) is 17.8 Å². The van der Waals surface area contributed by atoms with Crippen molar-refractivity contribution >= 4 is 10.8 Å². The van der Waals surface area contributed by atoms with Crippen LogP contribution in [0, 0.1) is 42.9 Å². The van der Waals surface area contributed by atoms with E-state index in [4.69, 9.17) is 15.9 Å². The van der Waals surface area contributed by atoms with E-state index >= 15 is 0 Å². The van der Waals surface area contributed by atoms with Crippen molar-refractivity contribution in [1.29, 1.82) is 0 Å². The molecule has 0 N–H and O–H groups in total. The van der Waals surface area contributed by atoms with Gasteiger partial charge in [-0.1, -0.05) is 77.8 Å². The van der Waals surface area contributed by atoms with Gasteiger partial charge in [0.15, 0.2) is 0 Å². The highest BCUT2D eigenvalue weighted by Gasteiger charge is 2.08. The minimum absolute atomic E-state index is 0.234. The Bertz CT molecular complexity index is 1550. The van der Waals surface area contributed by atoms with E-state index in [-0.39, 0.29) is 6.10 Å². The fourth-order valence-electron chi connectivity index (χ4n) is 4.03. The van der Waals surface area contributed by atoms with Crippen LogP contribution in [0.15, 0.2) is 78.9 Å². The second-order valence-corrected chi connectivity index (χ2v) is 8.89. The molecule has 0 radical (unpaired) electrons. The van der Waals surface area contributed by atoms with Crippen molar-refractivity contribution in [3.8, 4) is 41.8 Å². The highest BCUT2D eigenvalue weighted by Crippen LogP contribution is 2.24. The fourth-order valence-corrected chi connectivity index (χ4v) is 4.03. The lowest BCUT2D eigenvalue weighted by molar-refractivity contribution is 0.0898. The molecule has 4 rings (SSSR count). The molecule has 2 heteroatoms. The number of terminal acetylenes is 1. The summed E-state index contributed by atoms with van der Waals surface area (Å²) in [6.45, 7) is 4.40. The third-order valence-corrected chi connectivity index (χ3v) is 6.15. The predicted octanol–water partition coefficient (Wildman–Crippen LogP) is 7.08. The summed E-state index contributed by atoms with van der Waals surface area (Å²) >= 11 is 0. The smallest absolute Gasteiger partial charge is 0.119 e. The third kappa shape index (κ3) is 6.84.